The highest BCUT2D eigenvalue weighted by Crippen LogP contribution is 2.48. The summed E-state index contributed by atoms with van der Waals surface area (Å²) in [5.41, 5.74) is 1.73. The van der Waals surface area contributed by atoms with Crippen LogP contribution in [-0.4, -0.2) is 65.1 Å². The van der Waals surface area contributed by atoms with E-state index in [4.69, 9.17) is 23.7 Å². The summed E-state index contributed by atoms with van der Waals surface area (Å²) in [4.78, 5) is 18.2. The molecule has 0 N–H and O–H groups in total. The van der Waals surface area contributed by atoms with Gasteiger partial charge in [0.2, 0.25) is 12.7 Å². The number of nitrogens with zero attached hydrogens (tertiary/aromatic N) is 2. The number of rotatable bonds is 10. The average molecular weight is 523 g/mol. The number of amides is 1. The second kappa shape index (κ2) is 11.2. The third-order valence-corrected chi connectivity index (χ3v) is 7.63. The summed E-state index contributed by atoms with van der Waals surface area (Å²) in [6, 6.07) is 19.1. The molecule has 3 aromatic rings. The van der Waals surface area contributed by atoms with Gasteiger partial charge in [-0.1, -0.05) is 12.1 Å². The molecule has 1 unspecified atom stereocenters. The van der Waals surface area contributed by atoms with E-state index in [1.165, 1.54) is 0 Å². The molecule has 0 aliphatic carbocycles. The number of hydrogen-bond donors (Lipinski definition) is 0. The van der Waals surface area contributed by atoms with E-state index >= 15 is 0 Å². The maximum Gasteiger partial charge on any atom is 0.244 e. The van der Waals surface area contributed by atoms with Crippen molar-refractivity contribution in [3.05, 3.63) is 66.2 Å². The van der Waals surface area contributed by atoms with Crippen molar-refractivity contribution in [3.63, 3.8) is 0 Å². The van der Waals surface area contributed by atoms with E-state index in [0.717, 1.165) is 34.2 Å². The minimum atomic E-state index is -0.419. The number of anilines is 1. The maximum absolute atomic E-state index is 13.3. The molecule has 2 aliphatic heterocycles. The van der Waals surface area contributed by atoms with Crippen molar-refractivity contribution >= 4 is 23.4 Å². The van der Waals surface area contributed by atoms with E-state index in [9.17, 15) is 4.79 Å². The highest BCUT2D eigenvalue weighted by Gasteiger charge is 2.34. The van der Waals surface area contributed by atoms with Crippen LogP contribution in [0.4, 0.5) is 5.69 Å². The SMILES string of the molecule is COc1ccc(OCCN(C)CCOc2ccc3c(c2)OCO3)c(C2Sc3ccccc3N(C)C2=O)c1. The lowest BCUT2D eigenvalue weighted by Crippen LogP contribution is -2.34. The normalized spacial score (nSPS) is 16.1. The van der Waals surface area contributed by atoms with Gasteiger partial charge in [-0.25, -0.2) is 0 Å². The Labute approximate surface area is 221 Å². The molecule has 1 atom stereocenters. The van der Waals surface area contributed by atoms with Crippen molar-refractivity contribution in [2.75, 3.05) is 59.2 Å². The summed E-state index contributed by atoms with van der Waals surface area (Å²) >= 11 is 1.54. The van der Waals surface area contributed by atoms with Crippen LogP contribution in [0.3, 0.4) is 0 Å². The Kier molecular flexibility index (Phi) is 7.62. The summed E-state index contributed by atoms with van der Waals surface area (Å²) in [5, 5.41) is -0.419. The fraction of sp³-hybridized carbons (Fsp3) is 0.321. The lowest BCUT2D eigenvalue weighted by molar-refractivity contribution is -0.118. The fourth-order valence-electron chi connectivity index (χ4n) is 4.20. The van der Waals surface area contributed by atoms with E-state index in [0.29, 0.717) is 37.0 Å². The van der Waals surface area contributed by atoms with Gasteiger partial charge in [-0.3, -0.25) is 9.69 Å². The van der Waals surface area contributed by atoms with Gasteiger partial charge in [-0.05, 0) is 49.5 Å². The Hall–Kier alpha value is -3.56. The number of ether oxygens (including phenoxy) is 5. The van der Waals surface area contributed by atoms with Crippen LogP contribution in [0.15, 0.2) is 65.6 Å². The standard InChI is InChI=1S/C28H30N2O6S/c1-29(12-14-33-20-9-11-24-25(17-20)36-18-35-24)13-15-34-23-10-8-19(32-3)16-21(23)27-28(31)30(2)22-6-4-5-7-26(22)37-27/h4-11,16-17,27H,12-15,18H2,1-3H3. The van der Waals surface area contributed by atoms with E-state index in [1.807, 2.05) is 74.8 Å². The predicted molar refractivity (Wildman–Crippen MR) is 142 cm³/mol. The molecule has 0 saturated heterocycles. The van der Waals surface area contributed by atoms with Crippen LogP contribution in [0.2, 0.25) is 0 Å². The zero-order chi connectivity index (χ0) is 25.8. The molecule has 3 aromatic carbocycles. The minimum absolute atomic E-state index is 0.0135. The highest BCUT2D eigenvalue weighted by atomic mass is 32.2. The maximum atomic E-state index is 13.3. The number of methoxy groups -OCH3 is 1. The first-order valence-electron chi connectivity index (χ1n) is 12.1. The summed E-state index contributed by atoms with van der Waals surface area (Å²) in [7, 11) is 5.46. The van der Waals surface area contributed by atoms with Crippen LogP contribution in [0, 0.1) is 0 Å². The lowest BCUT2D eigenvalue weighted by Gasteiger charge is -2.32. The van der Waals surface area contributed by atoms with Crippen molar-refractivity contribution < 1.29 is 28.5 Å². The molecular formula is C28H30N2O6S. The summed E-state index contributed by atoms with van der Waals surface area (Å²) in [6.45, 7) is 2.67. The largest absolute Gasteiger partial charge is 0.497 e. The average Bonchev–Trinajstić information content (AvgIpc) is 3.39. The van der Waals surface area contributed by atoms with E-state index < -0.39 is 5.25 Å². The van der Waals surface area contributed by atoms with Gasteiger partial charge in [-0.2, -0.15) is 0 Å². The Morgan fingerprint density at radius 3 is 2.57 bits per heavy atom. The van der Waals surface area contributed by atoms with Gasteiger partial charge >= 0.3 is 0 Å². The van der Waals surface area contributed by atoms with E-state index in [1.54, 1.807) is 23.8 Å². The lowest BCUT2D eigenvalue weighted by atomic mass is 10.1. The van der Waals surface area contributed by atoms with Crippen LogP contribution >= 0.6 is 11.8 Å². The van der Waals surface area contributed by atoms with Crippen LogP contribution in [0.1, 0.15) is 10.8 Å². The van der Waals surface area contributed by atoms with Crippen LogP contribution < -0.4 is 28.6 Å². The fourth-order valence-corrected chi connectivity index (χ4v) is 5.51. The Morgan fingerprint density at radius 1 is 0.973 bits per heavy atom. The number of para-hydroxylation sites is 1. The number of carbonyl (C=O) groups is 1. The van der Waals surface area contributed by atoms with Crippen LogP contribution in [0.25, 0.3) is 0 Å². The first-order valence-corrected chi connectivity index (χ1v) is 13.0. The van der Waals surface area contributed by atoms with Crippen molar-refractivity contribution in [3.8, 4) is 28.7 Å². The third-order valence-electron chi connectivity index (χ3n) is 6.34. The molecule has 1 amide bonds. The van der Waals surface area contributed by atoms with Crippen molar-refractivity contribution in [2.24, 2.45) is 0 Å². The third kappa shape index (κ3) is 5.57. The first-order chi connectivity index (χ1) is 18.0. The molecule has 5 rings (SSSR count). The number of likely N-dealkylation sites (N-methyl/N-ethyl adjacent to an activating group) is 2. The molecule has 0 spiro atoms. The molecule has 9 heteroatoms. The molecule has 0 radical (unpaired) electrons. The smallest absolute Gasteiger partial charge is 0.244 e. The minimum Gasteiger partial charge on any atom is -0.497 e. The van der Waals surface area contributed by atoms with Crippen molar-refractivity contribution in [1.82, 2.24) is 4.90 Å². The molecule has 0 saturated carbocycles. The molecule has 37 heavy (non-hydrogen) atoms. The molecule has 194 valence electrons. The zero-order valence-corrected chi connectivity index (χ0v) is 22.0. The highest BCUT2D eigenvalue weighted by molar-refractivity contribution is 8.00. The summed E-state index contributed by atoms with van der Waals surface area (Å²) in [5.74, 6) is 3.58. The number of hydrogen-bond acceptors (Lipinski definition) is 8. The Bertz CT molecular complexity index is 1270. The molecular weight excluding hydrogens is 492 g/mol. The van der Waals surface area contributed by atoms with Crippen molar-refractivity contribution in [1.29, 1.82) is 0 Å². The second-order valence-electron chi connectivity index (χ2n) is 8.78. The van der Waals surface area contributed by atoms with E-state index in [-0.39, 0.29) is 12.7 Å². The van der Waals surface area contributed by atoms with Gasteiger partial charge in [0.15, 0.2) is 11.5 Å². The topological polar surface area (TPSA) is 69.7 Å². The van der Waals surface area contributed by atoms with Gasteiger partial charge in [0.1, 0.15) is 35.7 Å². The second-order valence-corrected chi connectivity index (χ2v) is 9.93. The molecule has 0 fully saturated rings. The Morgan fingerprint density at radius 2 is 1.73 bits per heavy atom. The summed E-state index contributed by atoms with van der Waals surface area (Å²) in [6.07, 6.45) is 0. The molecule has 0 bridgehead atoms. The monoisotopic (exact) mass is 522 g/mol. The van der Waals surface area contributed by atoms with Gasteiger partial charge in [-0.15, -0.1) is 11.8 Å². The van der Waals surface area contributed by atoms with Gasteiger partial charge in [0.25, 0.3) is 0 Å². The zero-order valence-electron chi connectivity index (χ0n) is 21.1. The van der Waals surface area contributed by atoms with Gasteiger partial charge in [0, 0.05) is 36.7 Å². The number of thioether (sulfide) groups is 1. The molecule has 2 heterocycles. The van der Waals surface area contributed by atoms with E-state index in [2.05, 4.69) is 4.90 Å². The number of carbonyl (C=O) groups excluding carboxylic acids is 1. The first kappa shape index (κ1) is 25.1. The predicted octanol–water partition coefficient (Wildman–Crippen LogP) is 4.62. The van der Waals surface area contributed by atoms with Crippen LogP contribution in [-0.2, 0) is 4.79 Å². The molecule has 8 nitrogen and oxygen atoms in total. The van der Waals surface area contributed by atoms with Gasteiger partial charge < -0.3 is 28.6 Å². The van der Waals surface area contributed by atoms with Gasteiger partial charge in [0.05, 0.1) is 12.8 Å². The Balaban J connectivity index is 1.18. The van der Waals surface area contributed by atoms with Crippen LogP contribution in [0.5, 0.6) is 28.7 Å². The van der Waals surface area contributed by atoms with Crippen molar-refractivity contribution in [2.45, 2.75) is 10.1 Å². The number of benzene rings is 3. The number of fused-ring (bicyclic) bond motifs is 2. The summed E-state index contributed by atoms with van der Waals surface area (Å²) < 4.78 is 28.2. The molecule has 0 aromatic heterocycles. The molecule has 2 aliphatic rings. The quantitative estimate of drug-likeness (QED) is 0.382.